The summed E-state index contributed by atoms with van der Waals surface area (Å²) in [5.41, 5.74) is 2.67. The second-order valence-corrected chi connectivity index (χ2v) is 13.0. The molecule has 3 aromatic carbocycles. The fourth-order valence-electron chi connectivity index (χ4n) is 4.73. The van der Waals surface area contributed by atoms with E-state index in [4.69, 9.17) is 0 Å². The Labute approximate surface area is 254 Å². The van der Waals surface area contributed by atoms with E-state index in [-0.39, 0.29) is 42.2 Å². The van der Waals surface area contributed by atoms with Gasteiger partial charge in [-0.2, -0.15) is 4.31 Å². The second-order valence-electron chi connectivity index (χ2n) is 11.1. The SMILES string of the molecule is Cc1ccc(S(=O)(=O)N(CC(C)C)[C@H](CO)CCCCNC(=O)N(Cc2ccccc2)Cc2ccc([N+](=O)[O-])cc2)cc1. The van der Waals surface area contributed by atoms with Gasteiger partial charge in [0, 0.05) is 44.4 Å². The monoisotopic (exact) mass is 610 g/mol. The predicted octanol–water partition coefficient (Wildman–Crippen LogP) is 5.49. The normalized spacial score (nSPS) is 12.3. The molecule has 232 valence electrons. The highest BCUT2D eigenvalue weighted by atomic mass is 32.2. The molecule has 0 saturated carbocycles. The number of amides is 2. The van der Waals surface area contributed by atoms with Crippen LogP contribution in [0.3, 0.4) is 0 Å². The van der Waals surface area contributed by atoms with Crippen molar-refractivity contribution in [1.29, 1.82) is 0 Å². The summed E-state index contributed by atoms with van der Waals surface area (Å²) >= 11 is 0. The van der Waals surface area contributed by atoms with Gasteiger partial charge >= 0.3 is 6.03 Å². The number of urea groups is 1. The lowest BCUT2D eigenvalue weighted by molar-refractivity contribution is -0.384. The number of hydrogen-bond donors (Lipinski definition) is 2. The van der Waals surface area contributed by atoms with Crippen molar-refractivity contribution in [3.8, 4) is 0 Å². The molecule has 0 unspecified atom stereocenters. The largest absolute Gasteiger partial charge is 0.395 e. The van der Waals surface area contributed by atoms with Crippen LogP contribution in [0.1, 0.15) is 49.8 Å². The third-order valence-corrected chi connectivity index (χ3v) is 8.99. The molecule has 0 aliphatic carbocycles. The van der Waals surface area contributed by atoms with E-state index < -0.39 is 21.0 Å². The Hall–Kier alpha value is -3.80. The second kappa shape index (κ2) is 16.2. The Morgan fingerprint density at radius 3 is 2.09 bits per heavy atom. The Bertz CT molecular complexity index is 1410. The van der Waals surface area contributed by atoms with E-state index in [2.05, 4.69) is 5.32 Å². The van der Waals surface area contributed by atoms with Crippen molar-refractivity contribution in [3.63, 3.8) is 0 Å². The van der Waals surface area contributed by atoms with Crippen molar-refractivity contribution in [2.75, 3.05) is 19.7 Å². The van der Waals surface area contributed by atoms with Crippen molar-refractivity contribution in [1.82, 2.24) is 14.5 Å². The third-order valence-electron chi connectivity index (χ3n) is 7.06. The zero-order chi connectivity index (χ0) is 31.4. The molecule has 3 rings (SSSR count). The summed E-state index contributed by atoms with van der Waals surface area (Å²) in [6.45, 7) is 6.77. The van der Waals surface area contributed by atoms with E-state index in [1.54, 1.807) is 41.3 Å². The van der Waals surface area contributed by atoms with Crippen LogP contribution in [0, 0.1) is 23.0 Å². The highest BCUT2D eigenvalue weighted by molar-refractivity contribution is 7.89. The van der Waals surface area contributed by atoms with Gasteiger partial charge in [-0.3, -0.25) is 10.1 Å². The van der Waals surface area contributed by atoms with Gasteiger partial charge in [0.05, 0.1) is 16.4 Å². The number of hydrogen-bond acceptors (Lipinski definition) is 6. The Balaban J connectivity index is 1.61. The maximum atomic E-state index is 13.5. The molecule has 11 heteroatoms. The van der Waals surface area contributed by atoms with Gasteiger partial charge in [-0.15, -0.1) is 0 Å². The summed E-state index contributed by atoms with van der Waals surface area (Å²) in [7, 11) is -3.80. The van der Waals surface area contributed by atoms with Crippen molar-refractivity contribution in [2.45, 2.75) is 64.1 Å². The van der Waals surface area contributed by atoms with Gasteiger partial charge in [-0.25, -0.2) is 13.2 Å². The van der Waals surface area contributed by atoms with E-state index in [9.17, 15) is 28.4 Å². The summed E-state index contributed by atoms with van der Waals surface area (Å²) in [6, 6.07) is 21.6. The zero-order valence-electron chi connectivity index (χ0n) is 25.1. The number of benzene rings is 3. The molecular formula is C32H42N4O6S. The van der Waals surface area contributed by atoms with E-state index >= 15 is 0 Å². The van der Waals surface area contributed by atoms with Gasteiger partial charge < -0.3 is 15.3 Å². The first-order chi connectivity index (χ1) is 20.5. The lowest BCUT2D eigenvalue weighted by Gasteiger charge is -2.31. The van der Waals surface area contributed by atoms with E-state index in [0.717, 1.165) is 16.7 Å². The van der Waals surface area contributed by atoms with Gasteiger partial charge in [0.2, 0.25) is 10.0 Å². The Morgan fingerprint density at radius 2 is 1.53 bits per heavy atom. The van der Waals surface area contributed by atoms with Crippen molar-refractivity contribution >= 4 is 21.7 Å². The van der Waals surface area contributed by atoms with Crippen molar-refractivity contribution in [3.05, 3.63) is 106 Å². The zero-order valence-corrected chi connectivity index (χ0v) is 25.9. The molecule has 0 spiro atoms. The van der Waals surface area contributed by atoms with Crippen LogP contribution in [0.25, 0.3) is 0 Å². The molecule has 10 nitrogen and oxygen atoms in total. The molecule has 2 N–H and O–H groups in total. The van der Waals surface area contributed by atoms with Crippen LogP contribution in [-0.2, 0) is 23.1 Å². The van der Waals surface area contributed by atoms with Gasteiger partial charge in [0.1, 0.15) is 0 Å². The van der Waals surface area contributed by atoms with Gasteiger partial charge in [-0.05, 0) is 48.9 Å². The maximum Gasteiger partial charge on any atom is 0.318 e. The van der Waals surface area contributed by atoms with Crippen molar-refractivity contribution < 1.29 is 23.2 Å². The minimum Gasteiger partial charge on any atom is -0.395 e. The summed E-state index contributed by atoms with van der Waals surface area (Å²) in [4.78, 5) is 25.6. The van der Waals surface area contributed by atoms with Crippen molar-refractivity contribution in [2.24, 2.45) is 5.92 Å². The number of carbonyl (C=O) groups is 1. The molecule has 0 aliphatic heterocycles. The number of sulfonamides is 1. The standard InChI is InChI=1S/C32H42N4O6S/c1-25(2)21-35(43(41,42)31-18-12-26(3)13-19-31)30(24-37)11-7-8-20-33-32(38)34(22-27-9-5-4-6-10-27)23-28-14-16-29(17-15-28)36(39)40/h4-6,9-10,12-19,25,30,37H,7-8,11,20-24H2,1-3H3,(H,33,38)/t30-/m0/s1. The predicted molar refractivity (Wildman–Crippen MR) is 167 cm³/mol. The molecule has 3 aromatic rings. The van der Waals surface area contributed by atoms with Crippen LogP contribution >= 0.6 is 0 Å². The van der Waals surface area contributed by atoms with Crippen LogP contribution in [-0.4, -0.2) is 59.4 Å². The highest BCUT2D eigenvalue weighted by Gasteiger charge is 2.31. The quantitative estimate of drug-likeness (QED) is 0.125. The number of nitrogens with zero attached hydrogens (tertiary/aromatic N) is 3. The summed E-state index contributed by atoms with van der Waals surface area (Å²) in [5.74, 6) is 0.0694. The average molecular weight is 611 g/mol. The number of aliphatic hydroxyl groups is 1. The number of aryl methyl sites for hydroxylation is 1. The first kappa shape index (κ1) is 33.7. The van der Waals surface area contributed by atoms with Crippen LogP contribution in [0.15, 0.2) is 83.8 Å². The molecule has 0 aliphatic rings. The summed E-state index contributed by atoms with van der Waals surface area (Å²) in [6.07, 6.45) is 1.64. The average Bonchev–Trinajstić information content (AvgIpc) is 2.98. The number of nitrogens with one attached hydrogen (secondary N) is 1. The molecule has 0 fully saturated rings. The smallest absolute Gasteiger partial charge is 0.318 e. The molecular weight excluding hydrogens is 568 g/mol. The molecule has 0 radical (unpaired) electrons. The van der Waals surface area contributed by atoms with Gasteiger partial charge in [0.15, 0.2) is 0 Å². The van der Waals surface area contributed by atoms with Gasteiger partial charge in [0.25, 0.3) is 5.69 Å². The minimum absolute atomic E-state index is 0.0115. The number of non-ortho nitro benzene ring substituents is 1. The molecule has 0 saturated heterocycles. The lowest BCUT2D eigenvalue weighted by Crippen LogP contribution is -2.44. The third kappa shape index (κ3) is 10.2. The molecule has 0 heterocycles. The fraction of sp³-hybridized carbons (Fsp3) is 0.406. The topological polar surface area (TPSA) is 133 Å². The van der Waals surface area contributed by atoms with Crippen LogP contribution in [0.2, 0.25) is 0 Å². The molecule has 1 atom stereocenters. The first-order valence-corrected chi connectivity index (χ1v) is 15.9. The number of carbonyl (C=O) groups excluding carboxylic acids is 1. The summed E-state index contributed by atoms with van der Waals surface area (Å²) < 4.78 is 28.4. The molecule has 2 amide bonds. The van der Waals surface area contributed by atoms with E-state index in [1.807, 2.05) is 51.1 Å². The first-order valence-electron chi connectivity index (χ1n) is 14.5. The van der Waals surface area contributed by atoms with Crippen LogP contribution in [0.4, 0.5) is 10.5 Å². The number of aliphatic hydroxyl groups excluding tert-OH is 1. The molecule has 43 heavy (non-hydrogen) atoms. The summed E-state index contributed by atoms with van der Waals surface area (Å²) in [5, 5.41) is 24.2. The van der Waals surface area contributed by atoms with Crippen LogP contribution in [0.5, 0.6) is 0 Å². The fourth-order valence-corrected chi connectivity index (χ4v) is 6.54. The van der Waals surface area contributed by atoms with Crippen LogP contribution < -0.4 is 5.32 Å². The number of nitro benzene ring substituents is 1. The van der Waals surface area contributed by atoms with E-state index in [1.165, 1.54) is 16.4 Å². The Morgan fingerprint density at radius 1 is 0.930 bits per heavy atom. The Kier molecular flexibility index (Phi) is 12.7. The minimum atomic E-state index is -3.80. The number of rotatable bonds is 16. The van der Waals surface area contributed by atoms with Gasteiger partial charge in [-0.1, -0.05) is 80.4 Å². The maximum absolute atomic E-state index is 13.5. The molecule has 0 bridgehead atoms. The highest BCUT2D eigenvalue weighted by Crippen LogP contribution is 2.23. The van der Waals surface area contributed by atoms with E-state index in [0.29, 0.717) is 32.4 Å². The lowest BCUT2D eigenvalue weighted by atomic mass is 10.1. The molecule has 0 aromatic heterocycles. The number of nitro groups is 1. The number of unbranched alkanes of at least 4 members (excludes halogenated alkanes) is 1.